The van der Waals surface area contributed by atoms with Crippen molar-refractivity contribution in [3.05, 3.63) is 58.6 Å². The molecule has 3 N–H and O–H groups in total. The number of carbonyl (C=O) groups is 2. The van der Waals surface area contributed by atoms with Gasteiger partial charge >= 0.3 is 6.03 Å². The lowest BCUT2D eigenvalue weighted by atomic mass is 9.88. The SMILES string of the molecule is COc1ccc(Cl)cc1C(=O)NCCc1ccc(S(=O)(=O)NC(=O)N(C2CCCCC2)[C@H]2CC[C@H](O)CC2)cc1. The molecule has 9 nitrogen and oxygen atoms in total. The average molecular weight is 592 g/mol. The Morgan fingerprint density at radius 3 is 2.27 bits per heavy atom. The Hall–Kier alpha value is -2.82. The third kappa shape index (κ3) is 7.67. The summed E-state index contributed by atoms with van der Waals surface area (Å²) in [4.78, 5) is 27.7. The van der Waals surface area contributed by atoms with Crippen LogP contribution in [0, 0.1) is 0 Å². The number of benzene rings is 2. The normalized spacial score (nSPS) is 20.0. The Morgan fingerprint density at radius 2 is 1.62 bits per heavy atom. The number of nitrogens with zero attached hydrogens (tertiary/aromatic N) is 1. The number of aliphatic hydroxyl groups excluding tert-OH is 1. The fourth-order valence-corrected chi connectivity index (χ4v) is 6.78. The Balaban J connectivity index is 1.36. The molecule has 0 aliphatic heterocycles. The van der Waals surface area contributed by atoms with Gasteiger partial charge in [-0.25, -0.2) is 17.9 Å². The fourth-order valence-electron chi connectivity index (χ4n) is 5.66. The van der Waals surface area contributed by atoms with Crippen LogP contribution >= 0.6 is 11.6 Å². The summed E-state index contributed by atoms with van der Waals surface area (Å²) in [6, 6.07) is 10.4. The van der Waals surface area contributed by atoms with Crippen LogP contribution in [0.2, 0.25) is 5.02 Å². The van der Waals surface area contributed by atoms with E-state index in [-0.39, 0.29) is 29.0 Å². The van der Waals surface area contributed by atoms with Crippen LogP contribution in [0.25, 0.3) is 0 Å². The summed E-state index contributed by atoms with van der Waals surface area (Å²) in [5, 5.41) is 13.2. The number of ether oxygens (including phenoxy) is 1. The Morgan fingerprint density at radius 1 is 0.975 bits per heavy atom. The lowest BCUT2D eigenvalue weighted by Crippen LogP contribution is -2.54. The largest absolute Gasteiger partial charge is 0.496 e. The van der Waals surface area contributed by atoms with Gasteiger partial charge in [-0.1, -0.05) is 43.0 Å². The molecule has 0 spiro atoms. The second kappa shape index (κ2) is 13.7. The van der Waals surface area contributed by atoms with Crippen LogP contribution in [0.5, 0.6) is 5.75 Å². The van der Waals surface area contributed by atoms with E-state index >= 15 is 0 Å². The minimum atomic E-state index is -4.08. The van der Waals surface area contributed by atoms with Gasteiger partial charge in [0.2, 0.25) is 0 Å². The number of rotatable bonds is 9. The Labute approximate surface area is 241 Å². The smallest absolute Gasteiger partial charge is 0.331 e. The van der Waals surface area contributed by atoms with Gasteiger partial charge in [-0.3, -0.25) is 4.79 Å². The second-order valence-electron chi connectivity index (χ2n) is 10.6. The molecule has 0 aromatic heterocycles. The third-order valence-electron chi connectivity index (χ3n) is 7.82. The lowest BCUT2D eigenvalue weighted by molar-refractivity contribution is 0.0620. The van der Waals surface area contributed by atoms with Gasteiger partial charge in [-0.05, 0) is 80.8 Å². The number of sulfonamides is 1. The predicted molar refractivity (Wildman–Crippen MR) is 153 cm³/mol. The van der Waals surface area contributed by atoms with E-state index in [4.69, 9.17) is 16.3 Å². The van der Waals surface area contributed by atoms with Crippen molar-refractivity contribution in [2.45, 2.75) is 87.3 Å². The highest BCUT2D eigenvalue weighted by molar-refractivity contribution is 7.90. The first-order valence-electron chi connectivity index (χ1n) is 13.9. The molecule has 0 saturated heterocycles. The number of methoxy groups -OCH3 is 1. The minimum absolute atomic E-state index is 0.0000371. The lowest BCUT2D eigenvalue weighted by Gasteiger charge is -2.42. The first-order chi connectivity index (χ1) is 19.2. The zero-order valence-electron chi connectivity index (χ0n) is 22.8. The summed E-state index contributed by atoms with van der Waals surface area (Å²) in [6.45, 7) is 0.323. The Kier molecular flexibility index (Phi) is 10.3. The van der Waals surface area contributed by atoms with Gasteiger partial charge in [0.1, 0.15) is 5.75 Å². The fraction of sp³-hybridized carbons (Fsp3) is 0.517. The molecule has 2 aliphatic carbocycles. The topological polar surface area (TPSA) is 125 Å². The van der Waals surface area contributed by atoms with Crippen LogP contribution in [-0.2, 0) is 16.4 Å². The standard InChI is InChI=1S/C29H38ClN3O6S/c1-39-27-16-9-21(30)19-26(27)28(35)31-18-17-20-7-14-25(15-8-20)40(37,38)32-29(36)33(22-5-3-2-4-6-22)23-10-12-24(34)13-11-23/h7-9,14-16,19,22-24,34H,2-6,10-13,17-18H2,1H3,(H,31,35)(H,32,36)/t23-,24-. The minimum Gasteiger partial charge on any atom is -0.496 e. The third-order valence-corrected chi connectivity index (χ3v) is 9.39. The van der Waals surface area contributed by atoms with Crippen LogP contribution in [0.1, 0.15) is 73.7 Å². The summed E-state index contributed by atoms with van der Waals surface area (Å²) >= 11 is 6.01. The van der Waals surface area contributed by atoms with Gasteiger partial charge in [0.25, 0.3) is 15.9 Å². The van der Waals surface area contributed by atoms with Crippen molar-refractivity contribution in [3.8, 4) is 5.75 Å². The van der Waals surface area contributed by atoms with Crippen LogP contribution in [-0.4, -0.2) is 62.2 Å². The van der Waals surface area contributed by atoms with E-state index in [1.165, 1.54) is 25.3 Å². The van der Waals surface area contributed by atoms with Crippen LogP contribution in [0.3, 0.4) is 0 Å². The van der Waals surface area contributed by atoms with Crippen molar-refractivity contribution in [3.63, 3.8) is 0 Å². The quantitative estimate of drug-likeness (QED) is 0.390. The van der Waals surface area contributed by atoms with Gasteiger partial charge in [0.05, 0.1) is 23.7 Å². The van der Waals surface area contributed by atoms with E-state index in [1.54, 1.807) is 29.2 Å². The molecule has 0 bridgehead atoms. The van der Waals surface area contributed by atoms with Gasteiger partial charge in [0, 0.05) is 23.7 Å². The monoisotopic (exact) mass is 591 g/mol. The molecule has 0 atom stereocenters. The summed E-state index contributed by atoms with van der Waals surface area (Å²) in [7, 11) is -2.60. The van der Waals surface area contributed by atoms with Crippen molar-refractivity contribution in [2.75, 3.05) is 13.7 Å². The summed E-state index contributed by atoms with van der Waals surface area (Å²) < 4.78 is 33.8. The van der Waals surface area contributed by atoms with E-state index in [2.05, 4.69) is 10.0 Å². The van der Waals surface area contributed by atoms with Crippen LogP contribution < -0.4 is 14.8 Å². The number of carbonyl (C=O) groups excluding carboxylic acids is 2. The highest BCUT2D eigenvalue weighted by atomic mass is 35.5. The number of hydrogen-bond donors (Lipinski definition) is 3. The molecule has 40 heavy (non-hydrogen) atoms. The molecule has 2 aliphatic rings. The first kappa shape index (κ1) is 30.1. The number of amides is 3. The van der Waals surface area contributed by atoms with Crippen molar-refractivity contribution in [1.82, 2.24) is 14.9 Å². The second-order valence-corrected chi connectivity index (χ2v) is 12.7. The highest BCUT2D eigenvalue weighted by Crippen LogP contribution is 2.31. The number of nitrogens with one attached hydrogen (secondary N) is 2. The molecule has 0 heterocycles. The first-order valence-corrected chi connectivity index (χ1v) is 15.8. The maximum absolute atomic E-state index is 13.4. The van der Waals surface area contributed by atoms with E-state index in [0.717, 1.165) is 37.7 Å². The van der Waals surface area contributed by atoms with Crippen molar-refractivity contribution < 1.29 is 27.9 Å². The molecular weight excluding hydrogens is 554 g/mol. The summed E-state index contributed by atoms with van der Waals surface area (Å²) in [5.74, 6) is 0.0953. The predicted octanol–water partition coefficient (Wildman–Crippen LogP) is 4.66. The molecular formula is C29H38ClN3O6S. The molecule has 2 aromatic rings. The molecule has 4 rings (SSSR count). The van der Waals surface area contributed by atoms with Gasteiger partial charge in [-0.15, -0.1) is 0 Å². The van der Waals surface area contributed by atoms with Gasteiger partial charge in [-0.2, -0.15) is 0 Å². The molecule has 2 fully saturated rings. The highest BCUT2D eigenvalue weighted by Gasteiger charge is 2.35. The summed E-state index contributed by atoms with van der Waals surface area (Å²) in [5.41, 5.74) is 1.16. The van der Waals surface area contributed by atoms with Crippen molar-refractivity contribution in [1.29, 1.82) is 0 Å². The van der Waals surface area contributed by atoms with Crippen LogP contribution in [0.15, 0.2) is 47.4 Å². The molecule has 2 saturated carbocycles. The zero-order chi connectivity index (χ0) is 28.7. The number of hydrogen-bond acceptors (Lipinski definition) is 6. The van der Waals surface area contributed by atoms with E-state index in [0.29, 0.717) is 55.0 Å². The number of urea groups is 1. The molecule has 3 amide bonds. The molecule has 218 valence electrons. The number of halogens is 1. The van der Waals surface area contributed by atoms with E-state index in [1.807, 2.05) is 0 Å². The summed E-state index contributed by atoms with van der Waals surface area (Å²) in [6.07, 6.45) is 7.57. The number of aliphatic hydroxyl groups is 1. The van der Waals surface area contributed by atoms with Crippen molar-refractivity contribution >= 4 is 33.6 Å². The maximum Gasteiger partial charge on any atom is 0.331 e. The van der Waals surface area contributed by atoms with Gasteiger partial charge < -0.3 is 20.1 Å². The van der Waals surface area contributed by atoms with Crippen LogP contribution in [0.4, 0.5) is 4.79 Å². The average Bonchev–Trinajstić information content (AvgIpc) is 2.95. The molecule has 0 radical (unpaired) electrons. The van der Waals surface area contributed by atoms with E-state index in [9.17, 15) is 23.1 Å². The van der Waals surface area contributed by atoms with Crippen molar-refractivity contribution in [2.24, 2.45) is 0 Å². The molecule has 11 heteroatoms. The zero-order valence-corrected chi connectivity index (χ0v) is 24.3. The molecule has 2 aromatic carbocycles. The van der Waals surface area contributed by atoms with E-state index < -0.39 is 16.1 Å². The molecule has 0 unspecified atom stereocenters. The maximum atomic E-state index is 13.4. The van der Waals surface area contributed by atoms with Gasteiger partial charge in [0.15, 0.2) is 0 Å². The Bertz CT molecular complexity index is 1270.